The molecule has 0 radical (unpaired) electrons. The van der Waals surface area contributed by atoms with Crippen LogP contribution < -0.4 is 0 Å². The Kier molecular flexibility index (Phi) is 8.24. The van der Waals surface area contributed by atoms with Crippen LogP contribution >= 0.6 is 8.46 Å². The molecular formula is C10H17O4P. The van der Waals surface area contributed by atoms with Crippen molar-refractivity contribution >= 4 is 8.46 Å². The molecule has 0 bridgehead atoms. The Hall–Kier alpha value is -0.670. The van der Waals surface area contributed by atoms with Crippen molar-refractivity contribution in [2.75, 3.05) is 19.8 Å². The molecule has 1 atom stereocenters. The summed E-state index contributed by atoms with van der Waals surface area (Å²) in [5, 5.41) is 0. The number of rotatable bonds is 10. The summed E-state index contributed by atoms with van der Waals surface area (Å²) in [6.07, 6.45) is 4.58. The molecule has 0 aliphatic rings. The molecule has 0 aromatic heterocycles. The molecule has 0 aromatic rings. The van der Waals surface area contributed by atoms with Crippen LogP contribution in [-0.2, 0) is 18.8 Å². The molecule has 0 spiro atoms. The molecule has 0 saturated carbocycles. The molecular weight excluding hydrogens is 215 g/mol. The molecule has 0 saturated heterocycles. The second kappa shape index (κ2) is 8.62. The minimum absolute atomic E-state index is 0.198. The van der Waals surface area contributed by atoms with E-state index < -0.39 is 14.2 Å². The average Bonchev–Trinajstić information content (AvgIpc) is 2.29. The van der Waals surface area contributed by atoms with Crippen LogP contribution in [0.4, 0.5) is 0 Å². The van der Waals surface area contributed by atoms with Gasteiger partial charge in [-0.05, 0) is 0 Å². The van der Waals surface area contributed by atoms with Crippen molar-refractivity contribution in [1.29, 1.82) is 0 Å². The van der Waals surface area contributed by atoms with Gasteiger partial charge in [-0.15, -0.1) is 19.7 Å². The van der Waals surface area contributed by atoms with E-state index in [0.29, 0.717) is 0 Å². The molecule has 0 amide bonds. The largest absolute Gasteiger partial charge is 0.332 e. The first-order valence-electron chi connectivity index (χ1n) is 4.45. The third-order valence-electron chi connectivity index (χ3n) is 1.35. The highest BCUT2D eigenvalue weighted by atomic mass is 31.1. The minimum atomic E-state index is -1.49. The van der Waals surface area contributed by atoms with E-state index >= 15 is 0 Å². The summed E-state index contributed by atoms with van der Waals surface area (Å²) in [5.74, 6) is 0. The third kappa shape index (κ3) is 5.70. The van der Waals surface area contributed by atoms with E-state index in [-0.39, 0.29) is 19.8 Å². The molecule has 5 heteroatoms. The third-order valence-corrected chi connectivity index (χ3v) is 2.14. The van der Waals surface area contributed by atoms with E-state index in [1.807, 2.05) is 0 Å². The standard InChI is InChI=1S/C10H17O4P/c1-4-7-12-10(15-11,13-8-5-2)14-9-6-3/h4-6H,1-3,7-9,15H2. The summed E-state index contributed by atoms with van der Waals surface area (Å²) in [5.41, 5.74) is -1.49. The van der Waals surface area contributed by atoms with Crippen molar-refractivity contribution in [2.45, 2.75) is 5.71 Å². The molecule has 0 aliphatic heterocycles. The lowest BCUT2D eigenvalue weighted by Gasteiger charge is -2.27. The Balaban J connectivity index is 4.41. The van der Waals surface area contributed by atoms with Crippen LogP contribution in [0.15, 0.2) is 38.0 Å². The number of hydrogen-bond acceptors (Lipinski definition) is 4. The van der Waals surface area contributed by atoms with Crippen molar-refractivity contribution in [3.8, 4) is 0 Å². The predicted molar refractivity (Wildman–Crippen MR) is 61.6 cm³/mol. The first kappa shape index (κ1) is 14.3. The maximum atomic E-state index is 11.1. The smallest absolute Gasteiger partial charge is 0.321 e. The Labute approximate surface area is 91.4 Å². The van der Waals surface area contributed by atoms with E-state index in [1.54, 1.807) is 0 Å². The topological polar surface area (TPSA) is 44.8 Å². The predicted octanol–water partition coefficient (Wildman–Crippen LogP) is 1.96. The summed E-state index contributed by atoms with van der Waals surface area (Å²) >= 11 is 0. The summed E-state index contributed by atoms with van der Waals surface area (Å²) in [4.78, 5) is 0. The van der Waals surface area contributed by atoms with Crippen LogP contribution in [0.5, 0.6) is 0 Å². The van der Waals surface area contributed by atoms with E-state index in [1.165, 1.54) is 18.2 Å². The Morgan fingerprint density at radius 3 is 1.47 bits per heavy atom. The highest BCUT2D eigenvalue weighted by Crippen LogP contribution is 2.28. The fourth-order valence-electron chi connectivity index (χ4n) is 0.752. The molecule has 0 fully saturated rings. The Morgan fingerprint density at radius 1 is 0.933 bits per heavy atom. The second-order valence-corrected chi connectivity index (χ2v) is 3.46. The Morgan fingerprint density at radius 2 is 1.27 bits per heavy atom. The summed E-state index contributed by atoms with van der Waals surface area (Å²) < 4.78 is 26.7. The van der Waals surface area contributed by atoms with Crippen LogP contribution in [0, 0.1) is 0 Å². The van der Waals surface area contributed by atoms with Crippen molar-refractivity contribution < 1.29 is 18.8 Å². The monoisotopic (exact) mass is 232 g/mol. The summed E-state index contributed by atoms with van der Waals surface area (Å²) in [7, 11) is -1.41. The second-order valence-electron chi connectivity index (χ2n) is 2.52. The van der Waals surface area contributed by atoms with Gasteiger partial charge in [0, 0.05) is 0 Å². The van der Waals surface area contributed by atoms with Gasteiger partial charge in [-0.3, -0.25) is 0 Å². The first-order chi connectivity index (χ1) is 7.24. The van der Waals surface area contributed by atoms with Crippen LogP contribution in [0.1, 0.15) is 0 Å². The minimum Gasteiger partial charge on any atom is -0.321 e. The highest BCUT2D eigenvalue weighted by Gasteiger charge is 2.31. The number of hydrogen-bond donors (Lipinski definition) is 0. The van der Waals surface area contributed by atoms with Gasteiger partial charge < -0.3 is 18.8 Å². The van der Waals surface area contributed by atoms with E-state index in [9.17, 15) is 4.57 Å². The van der Waals surface area contributed by atoms with E-state index in [0.717, 1.165) is 0 Å². The zero-order chi connectivity index (χ0) is 11.6. The molecule has 4 nitrogen and oxygen atoms in total. The van der Waals surface area contributed by atoms with Gasteiger partial charge >= 0.3 is 5.71 Å². The lowest BCUT2D eigenvalue weighted by Crippen LogP contribution is -2.33. The van der Waals surface area contributed by atoms with Crippen molar-refractivity contribution in [3.63, 3.8) is 0 Å². The molecule has 1 unspecified atom stereocenters. The van der Waals surface area contributed by atoms with Crippen LogP contribution in [0.25, 0.3) is 0 Å². The Bertz CT molecular complexity index is 196. The van der Waals surface area contributed by atoms with Crippen LogP contribution in [0.3, 0.4) is 0 Å². The molecule has 0 N–H and O–H groups in total. The maximum Gasteiger partial charge on any atom is 0.332 e. The van der Waals surface area contributed by atoms with E-state index in [2.05, 4.69) is 19.7 Å². The maximum absolute atomic E-state index is 11.1. The van der Waals surface area contributed by atoms with Gasteiger partial charge in [-0.2, -0.15) is 0 Å². The molecule has 15 heavy (non-hydrogen) atoms. The molecule has 0 aliphatic carbocycles. The van der Waals surface area contributed by atoms with Crippen molar-refractivity contribution in [2.24, 2.45) is 0 Å². The van der Waals surface area contributed by atoms with Crippen molar-refractivity contribution in [1.82, 2.24) is 0 Å². The van der Waals surface area contributed by atoms with Gasteiger partial charge in [0.25, 0.3) is 0 Å². The quantitative estimate of drug-likeness (QED) is 0.328. The van der Waals surface area contributed by atoms with Gasteiger partial charge in [0.05, 0.1) is 19.8 Å². The molecule has 0 aromatic carbocycles. The molecule has 86 valence electrons. The summed E-state index contributed by atoms with van der Waals surface area (Å²) in [6.45, 7) is 11.1. The molecule has 0 rings (SSSR count). The number of ether oxygens (including phenoxy) is 3. The SMILES string of the molecule is C=CCOC(OCC=C)(OCC=C)[PH2]=O. The zero-order valence-corrected chi connectivity index (χ0v) is 9.84. The average molecular weight is 232 g/mol. The normalized spacial score (nSPS) is 11.7. The van der Waals surface area contributed by atoms with Gasteiger partial charge in [0.15, 0.2) is 8.46 Å². The fraction of sp³-hybridized carbons (Fsp3) is 0.400. The van der Waals surface area contributed by atoms with Gasteiger partial charge in [-0.1, -0.05) is 18.2 Å². The van der Waals surface area contributed by atoms with Crippen LogP contribution in [0.2, 0.25) is 0 Å². The lowest BCUT2D eigenvalue weighted by molar-refractivity contribution is -0.309. The van der Waals surface area contributed by atoms with Gasteiger partial charge in [0.2, 0.25) is 0 Å². The fourth-order valence-corrected chi connectivity index (χ4v) is 1.25. The first-order valence-corrected chi connectivity index (χ1v) is 5.50. The van der Waals surface area contributed by atoms with Gasteiger partial charge in [-0.25, -0.2) is 0 Å². The van der Waals surface area contributed by atoms with Gasteiger partial charge in [0.1, 0.15) is 0 Å². The zero-order valence-electron chi connectivity index (χ0n) is 8.69. The lowest BCUT2D eigenvalue weighted by atomic mass is 10.7. The van der Waals surface area contributed by atoms with Crippen LogP contribution in [-0.4, -0.2) is 25.5 Å². The highest BCUT2D eigenvalue weighted by molar-refractivity contribution is 7.25. The molecule has 0 heterocycles. The summed E-state index contributed by atoms with van der Waals surface area (Å²) in [6, 6.07) is 0. The van der Waals surface area contributed by atoms with E-state index in [4.69, 9.17) is 14.2 Å². The van der Waals surface area contributed by atoms with Crippen molar-refractivity contribution in [3.05, 3.63) is 38.0 Å².